The van der Waals surface area contributed by atoms with Gasteiger partial charge in [0.1, 0.15) is 5.54 Å². The molecule has 1 unspecified atom stereocenters. The fourth-order valence-corrected chi connectivity index (χ4v) is 3.57. The molecule has 0 spiro atoms. The molecule has 0 aromatic carbocycles. The highest BCUT2D eigenvalue weighted by atomic mass is 16.2. The maximum atomic E-state index is 11.7. The van der Waals surface area contributed by atoms with Crippen LogP contribution in [0.4, 0.5) is 4.79 Å². The number of urea groups is 1. The average molecular weight is 197 g/mol. The summed E-state index contributed by atoms with van der Waals surface area (Å²) >= 11 is 0. The lowest BCUT2D eigenvalue weighted by Crippen LogP contribution is -2.73. The number of fused-ring (bicyclic) bond motifs is 2. The standard InChI is InChI=1S/C11H20N2O/c1-11-7-3-5-9(6-4-8-11)13(11,2)10(12)14/h9H,3-8H2,1-2H3,(H-,12,14)/p+1. The Morgan fingerprint density at radius 2 is 1.86 bits per heavy atom. The molecule has 0 aromatic rings. The van der Waals surface area contributed by atoms with Gasteiger partial charge in [-0.3, -0.25) is 0 Å². The largest absolute Gasteiger partial charge is 0.414 e. The Morgan fingerprint density at radius 3 is 2.14 bits per heavy atom. The van der Waals surface area contributed by atoms with E-state index in [1.807, 2.05) is 7.05 Å². The molecule has 14 heavy (non-hydrogen) atoms. The number of carbonyl (C=O) groups excluding carboxylic acids is 1. The van der Waals surface area contributed by atoms with E-state index in [1.165, 1.54) is 25.7 Å². The van der Waals surface area contributed by atoms with E-state index in [1.54, 1.807) is 0 Å². The van der Waals surface area contributed by atoms with Crippen molar-refractivity contribution < 1.29 is 9.28 Å². The van der Waals surface area contributed by atoms with Crippen molar-refractivity contribution in [3.05, 3.63) is 0 Å². The van der Waals surface area contributed by atoms with Gasteiger partial charge in [-0.05, 0) is 19.8 Å². The highest BCUT2D eigenvalue weighted by Gasteiger charge is 2.57. The summed E-state index contributed by atoms with van der Waals surface area (Å²) in [6.07, 6.45) is 7.19. The molecule has 2 N–H and O–H groups in total. The van der Waals surface area contributed by atoms with Crippen LogP contribution < -0.4 is 5.73 Å². The Hall–Kier alpha value is -0.570. The molecule has 0 radical (unpaired) electrons. The van der Waals surface area contributed by atoms with E-state index in [0.717, 1.165) is 12.8 Å². The summed E-state index contributed by atoms with van der Waals surface area (Å²) in [7, 11) is 2.05. The van der Waals surface area contributed by atoms with Crippen molar-refractivity contribution in [2.24, 2.45) is 5.73 Å². The number of rotatable bonds is 0. The normalized spacial score (nSPS) is 47.4. The number of amides is 2. The van der Waals surface area contributed by atoms with Gasteiger partial charge in [-0.2, -0.15) is 0 Å². The monoisotopic (exact) mass is 197 g/mol. The Kier molecular flexibility index (Phi) is 2.11. The summed E-state index contributed by atoms with van der Waals surface area (Å²) in [6, 6.07) is 0.358. The van der Waals surface area contributed by atoms with Crippen LogP contribution in [-0.4, -0.2) is 29.1 Å². The third kappa shape index (κ3) is 1.05. The van der Waals surface area contributed by atoms with Crippen LogP contribution >= 0.6 is 0 Å². The van der Waals surface area contributed by atoms with Crippen LogP contribution in [0.25, 0.3) is 0 Å². The van der Waals surface area contributed by atoms with Crippen molar-refractivity contribution in [2.75, 3.05) is 7.05 Å². The second-order valence-corrected chi connectivity index (χ2v) is 5.35. The molecule has 0 aliphatic carbocycles. The molecule has 2 amide bonds. The molecule has 1 atom stereocenters. The molecular formula is C11H21N2O+. The summed E-state index contributed by atoms with van der Waals surface area (Å²) < 4.78 is 0.493. The Morgan fingerprint density at radius 1 is 1.36 bits per heavy atom. The number of hydrogen-bond acceptors (Lipinski definition) is 1. The molecule has 2 aliphatic rings. The van der Waals surface area contributed by atoms with Crippen molar-refractivity contribution >= 4 is 6.03 Å². The number of piperidine rings is 2. The van der Waals surface area contributed by atoms with E-state index in [9.17, 15) is 4.79 Å². The number of carbonyl (C=O) groups is 1. The Balaban J connectivity index is 2.40. The minimum atomic E-state index is -0.128. The van der Waals surface area contributed by atoms with E-state index in [4.69, 9.17) is 5.73 Å². The van der Waals surface area contributed by atoms with E-state index in [-0.39, 0.29) is 11.6 Å². The Bertz CT molecular complexity index is 254. The molecule has 0 aromatic heterocycles. The van der Waals surface area contributed by atoms with Crippen LogP contribution in [0.5, 0.6) is 0 Å². The number of hydrogen-bond donors (Lipinski definition) is 1. The highest BCUT2D eigenvalue weighted by molar-refractivity contribution is 5.65. The molecule has 3 nitrogen and oxygen atoms in total. The lowest BCUT2D eigenvalue weighted by molar-refractivity contribution is -0.918. The third-order valence-electron chi connectivity index (χ3n) is 4.81. The average Bonchev–Trinajstić information content (AvgIpc) is 2.08. The zero-order valence-electron chi connectivity index (χ0n) is 9.25. The predicted octanol–water partition coefficient (Wildman–Crippen LogP) is 2.01. The lowest BCUT2D eigenvalue weighted by atomic mass is 9.73. The first kappa shape index (κ1) is 9.97. The molecule has 2 rings (SSSR count). The number of primary amides is 1. The summed E-state index contributed by atoms with van der Waals surface area (Å²) in [6.45, 7) is 2.24. The highest BCUT2D eigenvalue weighted by Crippen LogP contribution is 2.46. The molecule has 2 fully saturated rings. The quantitative estimate of drug-likeness (QED) is 0.593. The fourth-order valence-electron chi connectivity index (χ4n) is 3.57. The molecule has 80 valence electrons. The van der Waals surface area contributed by atoms with Crippen LogP contribution in [0, 0.1) is 0 Å². The topological polar surface area (TPSA) is 43.1 Å². The summed E-state index contributed by atoms with van der Waals surface area (Å²) in [5.74, 6) is 0. The van der Waals surface area contributed by atoms with Crippen LogP contribution in [-0.2, 0) is 0 Å². The zero-order chi connectivity index (χ0) is 10.4. The molecule has 0 saturated carbocycles. The number of nitrogens with zero attached hydrogens (tertiary/aromatic N) is 1. The minimum Gasteiger partial charge on any atom is -0.319 e. The number of quaternary nitrogens is 1. The van der Waals surface area contributed by atoms with Crippen LogP contribution in [0.3, 0.4) is 0 Å². The summed E-state index contributed by atoms with van der Waals surface area (Å²) in [5, 5.41) is 0. The SMILES string of the molecule is CC12CCCC(CCC1)[N+]2(C)C(N)=O. The van der Waals surface area contributed by atoms with Crippen molar-refractivity contribution in [1.82, 2.24) is 0 Å². The van der Waals surface area contributed by atoms with E-state index in [2.05, 4.69) is 6.92 Å². The van der Waals surface area contributed by atoms with Gasteiger partial charge in [0.2, 0.25) is 0 Å². The first-order valence-electron chi connectivity index (χ1n) is 5.67. The van der Waals surface area contributed by atoms with Gasteiger partial charge in [0.05, 0.1) is 13.1 Å². The van der Waals surface area contributed by atoms with Gasteiger partial charge in [0.25, 0.3) is 0 Å². The maximum Gasteiger partial charge on any atom is 0.414 e. The van der Waals surface area contributed by atoms with Gasteiger partial charge in [0, 0.05) is 25.7 Å². The molecule has 2 bridgehead atoms. The van der Waals surface area contributed by atoms with Gasteiger partial charge in [0.15, 0.2) is 0 Å². The van der Waals surface area contributed by atoms with Crippen LogP contribution in [0.15, 0.2) is 0 Å². The minimum absolute atomic E-state index is 0.118. The van der Waals surface area contributed by atoms with Crippen LogP contribution in [0.1, 0.15) is 45.4 Å². The number of nitrogens with two attached hydrogens (primary N) is 1. The van der Waals surface area contributed by atoms with Gasteiger partial charge < -0.3 is 5.73 Å². The van der Waals surface area contributed by atoms with Crippen molar-refractivity contribution in [1.29, 1.82) is 0 Å². The lowest BCUT2D eigenvalue weighted by Gasteiger charge is -2.56. The maximum absolute atomic E-state index is 11.7. The van der Waals surface area contributed by atoms with Crippen molar-refractivity contribution in [2.45, 2.75) is 57.0 Å². The van der Waals surface area contributed by atoms with Gasteiger partial charge in [-0.1, -0.05) is 0 Å². The molecule has 2 heterocycles. The molecule has 2 saturated heterocycles. The van der Waals surface area contributed by atoms with E-state index >= 15 is 0 Å². The van der Waals surface area contributed by atoms with Gasteiger partial charge >= 0.3 is 6.03 Å². The zero-order valence-corrected chi connectivity index (χ0v) is 9.25. The van der Waals surface area contributed by atoms with Crippen molar-refractivity contribution in [3.63, 3.8) is 0 Å². The summed E-state index contributed by atoms with van der Waals surface area (Å²) in [5.41, 5.74) is 5.73. The molecule has 2 aliphatic heterocycles. The summed E-state index contributed by atoms with van der Waals surface area (Å²) in [4.78, 5) is 11.7. The second kappa shape index (κ2) is 2.96. The van der Waals surface area contributed by atoms with E-state index < -0.39 is 0 Å². The predicted molar refractivity (Wildman–Crippen MR) is 55.7 cm³/mol. The van der Waals surface area contributed by atoms with Crippen LogP contribution in [0.2, 0.25) is 0 Å². The third-order valence-corrected chi connectivity index (χ3v) is 4.81. The van der Waals surface area contributed by atoms with Gasteiger partial charge in [-0.15, -0.1) is 0 Å². The van der Waals surface area contributed by atoms with Gasteiger partial charge in [-0.25, -0.2) is 9.28 Å². The molecular weight excluding hydrogens is 176 g/mol. The smallest absolute Gasteiger partial charge is 0.319 e. The molecule has 3 heteroatoms. The fraction of sp³-hybridized carbons (Fsp3) is 0.909. The first-order chi connectivity index (χ1) is 6.51. The Labute approximate surface area is 85.8 Å². The first-order valence-corrected chi connectivity index (χ1v) is 5.67. The second-order valence-electron chi connectivity index (χ2n) is 5.35. The van der Waals surface area contributed by atoms with E-state index in [0.29, 0.717) is 10.5 Å². The van der Waals surface area contributed by atoms with Crippen molar-refractivity contribution in [3.8, 4) is 0 Å².